The Kier molecular flexibility index (Phi) is 4.51. The van der Waals surface area contributed by atoms with Gasteiger partial charge in [0.15, 0.2) is 5.82 Å². The molecule has 9 nitrogen and oxygen atoms in total. The SMILES string of the molecule is Cc1cc(N2CCCC(c3nnc(Cn4ccnc4C)n3C)C2)nc(N)n1. The van der Waals surface area contributed by atoms with E-state index in [4.69, 9.17) is 5.73 Å². The van der Waals surface area contributed by atoms with Crippen LogP contribution in [0.1, 0.15) is 41.9 Å². The van der Waals surface area contributed by atoms with Crippen LogP contribution in [-0.2, 0) is 13.6 Å². The highest BCUT2D eigenvalue weighted by atomic mass is 15.3. The molecular formula is C18H25N9. The van der Waals surface area contributed by atoms with Crippen molar-refractivity contribution in [1.82, 2.24) is 34.3 Å². The summed E-state index contributed by atoms with van der Waals surface area (Å²) >= 11 is 0. The minimum atomic E-state index is 0.311. The minimum absolute atomic E-state index is 0.311. The van der Waals surface area contributed by atoms with Crippen LogP contribution in [-0.4, -0.2) is 47.4 Å². The Balaban J connectivity index is 1.54. The summed E-state index contributed by atoms with van der Waals surface area (Å²) in [5.74, 6) is 4.45. The summed E-state index contributed by atoms with van der Waals surface area (Å²) in [6, 6.07) is 1.99. The molecule has 4 heterocycles. The number of hydrogen-bond acceptors (Lipinski definition) is 7. The molecular weight excluding hydrogens is 342 g/mol. The van der Waals surface area contributed by atoms with Gasteiger partial charge in [0.25, 0.3) is 0 Å². The third-order valence-corrected chi connectivity index (χ3v) is 5.20. The second-order valence-electron chi connectivity index (χ2n) is 7.15. The van der Waals surface area contributed by atoms with Gasteiger partial charge in [-0.05, 0) is 26.7 Å². The molecule has 0 aromatic carbocycles. The molecule has 0 amide bonds. The number of hydrogen-bond donors (Lipinski definition) is 1. The molecule has 1 aliphatic heterocycles. The Labute approximate surface area is 158 Å². The molecule has 142 valence electrons. The first-order valence-corrected chi connectivity index (χ1v) is 9.23. The van der Waals surface area contributed by atoms with Gasteiger partial charge in [-0.15, -0.1) is 10.2 Å². The number of nitrogens with two attached hydrogens (primary N) is 1. The zero-order valence-electron chi connectivity index (χ0n) is 16.0. The van der Waals surface area contributed by atoms with Crippen LogP contribution in [0.5, 0.6) is 0 Å². The van der Waals surface area contributed by atoms with Crippen molar-refractivity contribution >= 4 is 11.8 Å². The van der Waals surface area contributed by atoms with Crippen molar-refractivity contribution < 1.29 is 0 Å². The molecule has 1 atom stereocenters. The predicted molar refractivity (Wildman–Crippen MR) is 102 cm³/mol. The normalized spacial score (nSPS) is 17.4. The maximum atomic E-state index is 5.83. The van der Waals surface area contributed by atoms with E-state index in [1.165, 1.54) is 0 Å². The van der Waals surface area contributed by atoms with Gasteiger partial charge in [-0.1, -0.05) is 0 Å². The largest absolute Gasteiger partial charge is 0.368 e. The summed E-state index contributed by atoms with van der Waals surface area (Å²) in [6.07, 6.45) is 5.94. The Hall–Kier alpha value is -2.97. The zero-order chi connectivity index (χ0) is 19.0. The summed E-state index contributed by atoms with van der Waals surface area (Å²) in [7, 11) is 2.04. The summed E-state index contributed by atoms with van der Waals surface area (Å²) < 4.78 is 4.20. The number of anilines is 2. The lowest BCUT2D eigenvalue weighted by Gasteiger charge is -2.33. The molecule has 0 bridgehead atoms. The third-order valence-electron chi connectivity index (χ3n) is 5.20. The molecule has 27 heavy (non-hydrogen) atoms. The van der Waals surface area contributed by atoms with E-state index in [0.717, 1.165) is 54.9 Å². The lowest BCUT2D eigenvalue weighted by molar-refractivity contribution is 0.475. The average Bonchev–Trinajstić information content (AvgIpc) is 3.21. The highest BCUT2D eigenvalue weighted by Crippen LogP contribution is 2.29. The lowest BCUT2D eigenvalue weighted by atomic mass is 9.97. The monoisotopic (exact) mass is 367 g/mol. The molecule has 3 aromatic heterocycles. The molecule has 1 fully saturated rings. The molecule has 1 unspecified atom stereocenters. The highest BCUT2D eigenvalue weighted by molar-refractivity contribution is 5.44. The van der Waals surface area contributed by atoms with Gasteiger partial charge in [0.2, 0.25) is 5.95 Å². The van der Waals surface area contributed by atoms with Crippen molar-refractivity contribution in [2.45, 2.75) is 39.2 Å². The first-order valence-electron chi connectivity index (χ1n) is 9.23. The van der Waals surface area contributed by atoms with Crippen LogP contribution >= 0.6 is 0 Å². The standard InChI is InChI=1S/C18H25N9/c1-12-9-15(22-18(19)21-12)27-7-4-5-14(10-27)17-24-23-16(25(17)3)11-26-8-6-20-13(26)2/h6,8-9,14H,4-5,7,10-11H2,1-3H3,(H2,19,21,22). The molecule has 4 rings (SSSR count). The average molecular weight is 367 g/mol. The minimum Gasteiger partial charge on any atom is -0.368 e. The summed E-state index contributed by atoms with van der Waals surface area (Å²) in [4.78, 5) is 15.1. The van der Waals surface area contributed by atoms with Crippen LogP contribution in [0.15, 0.2) is 18.5 Å². The number of piperidine rings is 1. The first-order chi connectivity index (χ1) is 13.0. The number of nitrogen functional groups attached to an aromatic ring is 1. The number of aromatic nitrogens is 7. The fourth-order valence-corrected chi connectivity index (χ4v) is 3.72. The molecule has 0 spiro atoms. The van der Waals surface area contributed by atoms with Gasteiger partial charge in [0.05, 0.1) is 6.54 Å². The van der Waals surface area contributed by atoms with Gasteiger partial charge < -0.3 is 19.8 Å². The van der Waals surface area contributed by atoms with Gasteiger partial charge in [-0.3, -0.25) is 0 Å². The van der Waals surface area contributed by atoms with Crippen LogP contribution in [0.25, 0.3) is 0 Å². The van der Waals surface area contributed by atoms with Gasteiger partial charge >= 0.3 is 0 Å². The van der Waals surface area contributed by atoms with E-state index in [1.54, 1.807) is 6.20 Å². The summed E-state index contributed by atoms with van der Waals surface area (Å²) in [6.45, 7) is 6.42. The van der Waals surface area contributed by atoms with Crippen LogP contribution in [0.4, 0.5) is 11.8 Å². The molecule has 0 aliphatic carbocycles. The van der Waals surface area contributed by atoms with E-state index in [0.29, 0.717) is 18.4 Å². The highest BCUT2D eigenvalue weighted by Gasteiger charge is 2.27. The van der Waals surface area contributed by atoms with Crippen LogP contribution in [0.3, 0.4) is 0 Å². The lowest BCUT2D eigenvalue weighted by Crippen LogP contribution is -2.36. The Morgan fingerprint density at radius 1 is 1.22 bits per heavy atom. The fourth-order valence-electron chi connectivity index (χ4n) is 3.72. The molecule has 2 N–H and O–H groups in total. The number of aryl methyl sites for hydroxylation is 2. The molecule has 0 saturated carbocycles. The molecule has 1 saturated heterocycles. The van der Waals surface area contributed by atoms with Crippen molar-refractivity contribution in [2.75, 3.05) is 23.7 Å². The first kappa shape index (κ1) is 17.4. The molecule has 9 heteroatoms. The Morgan fingerprint density at radius 2 is 2.07 bits per heavy atom. The second kappa shape index (κ2) is 6.98. The van der Waals surface area contributed by atoms with Crippen LogP contribution in [0.2, 0.25) is 0 Å². The van der Waals surface area contributed by atoms with Crippen molar-refractivity contribution in [3.05, 3.63) is 41.6 Å². The zero-order valence-corrected chi connectivity index (χ0v) is 16.0. The van der Waals surface area contributed by atoms with E-state index >= 15 is 0 Å². The van der Waals surface area contributed by atoms with E-state index in [2.05, 4.69) is 39.2 Å². The quantitative estimate of drug-likeness (QED) is 0.744. The van der Waals surface area contributed by atoms with E-state index < -0.39 is 0 Å². The van der Waals surface area contributed by atoms with Crippen molar-refractivity contribution in [3.63, 3.8) is 0 Å². The van der Waals surface area contributed by atoms with Crippen molar-refractivity contribution in [1.29, 1.82) is 0 Å². The Morgan fingerprint density at radius 3 is 2.81 bits per heavy atom. The molecule has 0 radical (unpaired) electrons. The molecule has 3 aromatic rings. The van der Waals surface area contributed by atoms with Gasteiger partial charge in [-0.2, -0.15) is 4.98 Å². The van der Waals surface area contributed by atoms with Crippen molar-refractivity contribution in [3.8, 4) is 0 Å². The van der Waals surface area contributed by atoms with Crippen LogP contribution < -0.4 is 10.6 Å². The number of rotatable bonds is 4. The fraction of sp³-hybridized carbons (Fsp3) is 0.500. The van der Waals surface area contributed by atoms with Crippen LogP contribution in [0, 0.1) is 13.8 Å². The van der Waals surface area contributed by atoms with Crippen molar-refractivity contribution in [2.24, 2.45) is 7.05 Å². The smallest absolute Gasteiger partial charge is 0.222 e. The van der Waals surface area contributed by atoms with E-state index in [1.807, 2.05) is 33.2 Å². The molecule has 1 aliphatic rings. The topological polar surface area (TPSA) is 104 Å². The van der Waals surface area contributed by atoms with E-state index in [9.17, 15) is 0 Å². The summed E-state index contributed by atoms with van der Waals surface area (Å²) in [5.41, 5.74) is 6.72. The number of nitrogens with zero attached hydrogens (tertiary/aromatic N) is 8. The second-order valence-corrected chi connectivity index (χ2v) is 7.15. The van der Waals surface area contributed by atoms with Gasteiger partial charge in [0, 0.05) is 50.2 Å². The maximum absolute atomic E-state index is 5.83. The predicted octanol–water partition coefficient (Wildman–Crippen LogP) is 1.43. The number of imidazole rings is 1. The maximum Gasteiger partial charge on any atom is 0.222 e. The summed E-state index contributed by atoms with van der Waals surface area (Å²) in [5, 5.41) is 8.94. The third kappa shape index (κ3) is 3.49. The Bertz CT molecular complexity index is 922. The van der Waals surface area contributed by atoms with E-state index in [-0.39, 0.29) is 0 Å². The van der Waals surface area contributed by atoms with Gasteiger partial charge in [0.1, 0.15) is 17.5 Å². The van der Waals surface area contributed by atoms with Gasteiger partial charge in [-0.25, -0.2) is 9.97 Å².